The van der Waals surface area contributed by atoms with Crippen LogP contribution in [0.25, 0.3) is 0 Å². The van der Waals surface area contributed by atoms with Crippen molar-refractivity contribution < 1.29 is 9.53 Å². The molecule has 1 aromatic rings. The standard InChI is InChI=1S/C16H27N3O2/c1-12(2)19(6)15(20)11-21-14-8-7-13(17-10-14)9-18-16(3,4)5/h7-8,10,12,18H,9,11H2,1-6H3. The summed E-state index contributed by atoms with van der Waals surface area (Å²) in [6.45, 7) is 11.0. The Morgan fingerprint density at radius 1 is 1.38 bits per heavy atom. The van der Waals surface area contributed by atoms with Crippen LogP contribution in [0.4, 0.5) is 0 Å². The van der Waals surface area contributed by atoms with E-state index in [2.05, 4.69) is 31.1 Å². The summed E-state index contributed by atoms with van der Waals surface area (Å²) in [6, 6.07) is 3.92. The summed E-state index contributed by atoms with van der Waals surface area (Å²) in [5.41, 5.74) is 1.01. The Bertz CT molecular complexity index is 450. The monoisotopic (exact) mass is 293 g/mol. The highest BCUT2D eigenvalue weighted by Gasteiger charge is 2.12. The van der Waals surface area contributed by atoms with E-state index in [1.54, 1.807) is 18.1 Å². The van der Waals surface area contributed by atoms with Crippen molar-refractivity contribution in [1.29, 1.82) is 0 Å². The molecule has 21 heavy (non-hydrogen) atoms. The summed E-state index contributed by atoms with van der Waals surface area (Å²) < 4.78 is 5.47. The molecule has 1 heterocycles. The van der Waals surface area contributed by atoms with Crippen molar-refractivity contribution in [3.8, 4) is 5.75 Å². The zero-order valence-corrected chi connectivity index (χ0v) is 13.9. The molecule has 0 aromatic carbocycles. The van der Waals surface area contributed by atoms with Crippen LogP contribution in [0.15, 0.2) is 18.3 Å². The number of nitrogens with one attached hydrogen (secondary N) is 1. The Morgan fingerprint density at radius 2 is 2.05 bits per heavy atom. The zero-order valence-electron chi connectivity index (χ0n) is 13.9. The number of carbonyl (C=O) groups excluding carboxylic acids is 1. The van der Waals surface area contributed by atoms with Crippen LogP contribution in [-0.4, -0.2) is 41.0 Å². The highest BCUT2D eigenvalue weighted by molar-refractivity contribution is 5.77. The van der Waals surface area contributed by atoms with E-state index >= 15 is 0 Å². The van der Waals surface area contributed by atoms with Gasteiger partial charge in [-0.25, -0.2) is 0 Å². The maximum atomic E-state index is 11.8. The van der Waals surface area contributed by atoms with Crippen LogP contribution in [0.5, 0.6) is 5.75 Å². The first-order valence-corrected chi connectivity index (χ1v) is 7.27. The number of hydrogen-bond donors (Lipinski definition) is 1. The number of nitrogens with zero attached hydrogens (tertiary/aromatic N) is 2. The summed E-state index contributed by atoms with van der Waals surface area (Å²) in [7, 11) is 1.77. The van der Waals surface area contributed by atoms with Gasteiger partial charge >= 0.3 is 0 Å². The van der Waals surface area contributed by atoms with E-state index in [4.69, 9.17) is 4.74 Å². The molecule has 0 radical (unpaired) electrons. The molecule has 0 bridgehead atoms. The number of hydrogen-bond acceptors (Lipinski definition) is 4. The molecular weight excluding hydrogens is 266 g/mol. The lowest BCUT2D eigenvalue weighted by molar-refractivity contribution is -0.133. The Labute approximate surface area is 127 Å². The van der Waals surface area contributed by atoms with Crippen molar-refractivity contribution in [2.45, 2.75) is 52.7 Å². The number of carbonyl (C=O) groups is 1. The van der Waals surface area contributed by atoms with Crippen LogP contribution in [0.3, 0.4) is 0 Å². The van der Waals surface area contributed by atoms with Crippen molar-refractivity contribution >= 4 is 5.91 Å². The van der Waals surface area contributed by atoms with Gasteiger partial charge in [0.25, 0.3) is 5.91 Å². The van der Waals surface area contributed by atoms with Crippen molar-refractivity contribution in [2.75, 3.05) is 13.7 Å². The molecule has 0 atom stereocenters. The Morgan fingerprint density at radius 3 is 2.52 bits per heavy atom. The molecule has 0 aliphatic heterocycles. The van der Waals surface area contributed by atoms with Gasteiger partial charge in [-0.15, -0.1) is 0 Å². The van der Waals surface area contributed by atoms with Gasteiger partial charge < -0.3 is 15.0 Å². The predicted molar refractivity (Wildman–Crippen MR) is 84.2 cm³/mol. The van der Waals surface area contributed by atoms with Gasteiger partial charge in [-0.1, -0.05) is 0 Å². The van der Waals surface area contributed by atoms with Crippen molar-refractivity contribution in [3.63, 3.8) is 0 Å². The van der Waals surface area contributed by atoms with Gasteiger partial charge in [0.05, 0.1) is 11.9 Å². The topological polar surface area (TPSA) is 54.5 Å². The number of rotatable bonds is 6. The molecule has 5 nitrogen and oxygen atoms in total. The van der Waals surface area contributed by atoms with E-state index in [0.29, 0.717) is 12.3 Å². The fraction of sp³-hybridized carbons (Fsp3) is 0.625. The van der Waals surface area contributed by atoms with E-state index in [1.807, 2.05) is 26.0 Å². The number of aromatic nitrogens is 1. The summed E-state index contributed by atoms with van der Waals surface area (Å²) in [5.74, 6) is 0.573. The van der Waals surface area contributed by atoms with Crippen molar-refractivity contribution in [2.24, 2.45) is 0 Å². The molecule has 0 unspecified atom stereocenters. The minimum atomic E-state index is -0.0384. The number of ether oxygens (including phenoxy) is 1. The number of amides is 1. The van der Waals surface area contributed by atoms with Gasteiger partial charge in [0, 0.05) is 25.2 Å². The third kappa shape index (κ3) is 6.58. The molecule has 0 aliphatic carbocycles. The highest BCUT2D eigenvalue weighted by Crippen LogP contribution is 2.10. The minimum Gasteiger partial charge on any atom is -0.482 e. The van der Waals surface area contributed by atoms with Gasteiger partial charge in [-0.3, -0.25) is 9.78 Å². The summed E-state index contributed by atoms with van der Waals surface area (Å²) in [4.78, 5) is 17.8. The lowest BCUT2D eigenvalue weighted by Crippen LogP contribution is -2.36. The molecular formula is C16H27N3O2. The maximum Gasteiger partial charge on any atom is 0.260 e. The van der Waals surface area contributed by atoms with E-state index in [1.165, 1.54) is 0 Å². The summed E-state index contributed by atoms with van der Waals surface area (Å²) in [6.07, 6.45) is 1.66. The SMILES string of the molecule is CC(C)N(C)C(=O)COc1ccc(CNC(C)(C)C)nc1. The summed E-state index contributed by atoms with van der Waals surface area (Å²) >= 11 is 0. The van der Waals surface area contributed by atoms with Crippen LogP contribution < -0.4 is 10.1 Å². The predicted octanol–water partition coefficient (Wildman–Crippen LogP) is 2.22. The van der Waals surface area contributed by atoms with Crippen molar-refractivity contribution in [1.82, 2.24) is 15.2 Å². The first-order valence-electron chi connectivity index (χ1n) is 7.27. The zero-order chi connectivity index (χ0) is 16.0. The molecule has 1 amide bonds. The molecule has 1 N–H and O–H groups in total. The second kappa shape index (κ2) is 7.41. The Hall–Kier alpha value is -1.62. The molecule has 5 heteroatoms. The normalized spacial score (nSPS) is 11.6. The van der Waals surface area contributed by atoms with Crippen LogP contribution >= 0.6 is 0 Å². The molecule has 0 saturated carbocycles. The largest absolute Gasteiger partial charge is 0.482 e. The van der Waals surface area contributed by atoms with Crippen LogP contribution in [0.2, 0.25) is 0 Å². The van der Waals surface area contributed by atoms with Crippen LogP contribution in [0, 0.1) is 0 Å². The number of pyridine rings is 1. The number of likely N-dealkylation sites (N-methyl/N-ethyl adjacent to an activating group) is 1. The smallest absolute Gasteiger partial charge is 0.260 e. The first kappa shape index (κ1) is 17.4. The Balaban J connectivity index is 2.46. The molecule has 0 saturated heterocycles. The van der Waals surface area contributed by atoms with Gasteiger partial charge in [0.1, 0.15) is 5.75 Å². The lowest BCUT2D eigenvalue weighted by atomic mass is 10.1. The second-order valence-corrected chi connectivity index (χ2v) is 6.48. The third-order valence-corrected chi connectivity index (χ3v) is 3.13. The first-order chi connectivity index (χ1) is 9.69. The third-order valence-electron chi connectivity index (χ3n) is 3.13. The fourth-order valence-electron chi connectivity index (χ4n) is 1.49. The lowest BCUT2D eigenvalue weighted by Gasteiger charge is -2.21. The molecule has 0 fully saturated rings. The van der Waals surface area contributed by atoms with Gasteiger partial charge in [-0.2, -0.15) is 0 Å². The maximum absolute atomic E-state index is 11.8. The van der Waals surface area contributed by atoms with E-state index < -0.39 is 0 Å². The molecule has 1 rings (SSSR count). The van der Waals surface area contributed by atoms with Gasteiger partial charge in [0.2, 0.25) is 0 Å². The van der Waals surface area contributed by atoms with Crippen molar-refractivity contribution in [3.05, 3.63) is 24.0 Å². The van der Waals surface area contributed by atoms with E-state index in [0.717, 1.165) is 5.69 Å². The Kier molecular flexibility index (Phi) is 6.15. The average Bonchev–Trinajstić information content (AvgIpc) is 2.41. The van der Waals surface area contributed by atoms with Gasteiger partial charge in [-0.05, 0) is 46.8 Å². The fourth-order valence-corrected chi connectivity index (χ4v) is 1.49. The average molecular weight is 293 g/mol. The van der Waals surface area contributed by atoms with Crippen LogP contribution in [-0.2, 0) is 11.3 Å². The van der Waals surface area contributed by atoms with Crippen LogP contribution in [0.1, 0.15) is 40.3 Å². The second-order valence-electron chi connectivity index (χ2n) is 6.48. The van der Waals surface area contributed by atoms with E-state index in [-0.39, 0.29) is 24.1 Å². The summed E-state index contributed by atoms with van der Waals surface area (Å²) in [5, 5.41) is 3.37. The highest BCUT2D eigenvalue weighted by atomic mass is 16.5. The molecule has 0 spiro atoms. The quantitative estimate of drug-likeness (QED) is 0.874. The van der Waals surface area contributed by atoms with Gasteiger partial charge in [0.15, 0.2) is 6.61 Å². The minimum absolute atomic E-state index is 0.0376. The molecule has 0 aliphatic rings. The molecule has 1 aromatic heterocycles. The van der Waals surface area contributed by atoms with E-state index in [9.17, 15) is 4.79 Å². The molecule has 118 valence electrons.